The molecule has 126 valence electrons. The zero-order valence-corrected chi connectivity index (χ0v) is 13.1. The van der Waals surface area contributed by atoms with Gasteiger partial charge in [0.2, 0.25) is 0 Å². The van der Waals surface area contributed by atoms with Crippen molar-refractivity contribution in [3.05, 3.63) is 24.3 Å². The van der Waals surface area contributed by atoms with Crippen LogP contribution in [0, 0.1) is 5.41 Å². The van der Waals surface area contributed by atoms with Crippen molar-refractivity contribution in [2.24, 2.45) is 11.1 Å². The van der Waals surface area contributed by atoms with Gasteiger partial charge in [0.15, 0.2) is 6.61 Å². The van der Waals surface area contributed by atoms with E-state index in [0.29, 0.717) is 17.9 Å². The fourth-order valence-corrected chi connectivity index (χ4v) is 1.59. The third kappa shape index (κ3) is 6.68. The van der Waals surface area contributed by atoms with Crippen LogP contribution in [-0.2, 0) is 9.59 Å². The standard InChI is InChI=1S/C15H21N3O5/c1-15(2,13(20)21)6-7-17-14(22)18-10-4-3-5-11(8-10)23-9-12(16)19/h3-5,8H,6-7,9H2,1-2H3,(H2,16,19)(H,20,21)(H2,17,18,22). The van der Waals surface area contributed by atoms with Crippen LogP contribution < -0.4 is 21.1 Å². The highest BCUT2D eigenvalue weighted by molar-refractivity contribution is 5.89. The zero-order valence-electron chi connectivity index (χ0n) is 13.1. The van der Waals surface area contributed by atoms with Crippen molar-refractivity contribution in [2.75, 3.05) is 18.5 Å². The third-order valence-electron chi connectivity index (χ3n) is 3.09. The minimum atomic E-state index is -0.918. The first kappa shape index (κ1) is 18.3. The normalized spacial score (nSPS) is 10.7. The van der Waals surface area contributed by atoms with Crippen molar-refractivity contribution in [3.8, 4) is 5.75 Å². The number of anilines is 1. The summed E-state index contributed by atoms with van der Waals surface area (Å²) in [4.78, 5) is 33.4. The number of hydrogen-bond donors (Lipinski definition) is 4. The van der Waals surface area contributed by atoms with Crippen LogP contribution >= 0.6 is 0 Å². The lowest BCUT2D eigenvalue weighted by atomic mass is 9.90. The van der Waals surface area contributed by atoms with Gasteiger partial charge >= 0.3 is 12.0 Å². The molecule has 0 aliphatic rings. The van der Waals surface area contributed by atoms with Gasteiger partial charge in [-0.1, -0.05) is 6.07 Å². The second-order valence-corrected chi connectivity index (χ2v) is 5.60. The number of hydrogen-bond acceptors (Lipinski definition) is 4. The Kier molecular flexibility index (Phi) is 6.37. The number of ether oxygens (including phenoxy) is 1. The molecule has 8 nitrogen and oxygen atoms in total. The Morgan fingerprint density at radius 2 is 2.00 bits per heavy atom. The Hall–Kier alpha value is -2.77. The van der Waals surface area contributed by atoms with E-state index in [4.69, 9.17) is 15.6 Å². The van der Waals surface area contributed by atoms with E-state index in [-0.39, 0.29) is 13.2 Å². The molecule has 0 fully saturated rings. The van der Waals surface area contributed by atoms with Crippen molar-refractivity contribution in [2.45, 2.75) is 20.3 Å². The van der Waals surface area contributed by atoms with E-state index in [9.17, 15) is 14.4 Å². The number of aliphatic carboxylic acids is 1. The lowest BCUT2D eigenvalue weighted by Crippen LogP contribution is -2.34. The van der Waals surface area contributed by atoms with Crippen LogP contribution in [0.4, 0.5) is 10.5 Å². The largest absolute Gasteiger partial charge is 0.484 e. The molecule has 0 aromatic heterocycles. The number of benzene rings is 1. The number of primary amides is 1. The maximum atomic E-state index is 11.8. The Labute approximate surface area is 134 Å². The molecule has 8 heteroatoms. The molecule has 3 amide bonds. The van der Waals surface area contributed by atoms with Gasteiger partial charge in [0.1, 0.15) is 5.75 Å². The lowest BCUT2D eigenvalue weighted by Gasteiger charge is -2.19. The van der Waals surface area contributed by atoms with Crippen LogP contribution in [0.3, 0.4) is 0 Å². The average molecular weight is 323 g/mol. The van der Waals surface area contributed by atoms with Crippen LogP contribution in [0.15, 0.2) is 24.3 Å². The number of nitrogens with one attached hydrogen (secondary N) is 2. The number of carboxylic acid groups (broad SMARTS) is 1. The van der Waals surface area contributed by atoms with Crippen molar-refractivity contribution < 1.29 is 24.2 Å². The number of urea groups is 1. The van der Waals surface area contributed by atoms with Crippen molar-refractivity contribution >= 4 is 23.6 Å². The molecule has 0 bridgehead atoms. The highest BCUT2D eigenvalue weighted by Gasteiger charge is 2.26. The van der Waals surface area contributed by atoms with E-state index >= 15 is 0 Å². The molecule has 1 rings (SSSR count). The molecule has 0 spiro atoms. The summed E-state index contributed by atoms with van der Waals surface area (Å²) in [7, 11) is 0. The first-order chi connectivity index (χ1) is 10.7. The van der Waals surface area contributed by atoms with Gasteiger partial charge in [0, 0.05) is 18.3 Å². The summed E-state index contributed by atoms with van der Waals surface area (Å²) in [5, 5.41) is 14.2. The molecule has 1 aromatic carbocycles. The van der Waals surface area contributed by atoms with Gasteiger partial charge in [-0.25, -0.2) is 4.79 Å². The Morgan fingerprint density at radius 1 is 1.30 bits per heavy atom. The smallest absolute Gasteiger partial charge is 0.319 e. The number of nitrogens with two attached hydrogens (primary N) is 1. The topological polar surface area (TPSA) is 131 Å². The molecular formula is C15H21N3O5. The first-order valence-corrected chi connectivity index (χ1v) is 7.00. The van der Waals surface area contributed by atoms with E-state index in [0.717, 1.165) is 0 Å². The molecule has 0 heterocycles. The summed E-state index contributed by atoms with van der Waals surface area (Å²) in [5.41, 5.74) is 4.55. The van der Waals surface area contributed by atoms with E-state index < -0.39 is 23.3 Å². The molecule has 0 aliphatic heterocycles. The summed E-state index contributed by atoms with van der Waals surface area (Å²) < 4.78 is 5.13. The zero-order chi connectivity index (χ0) is 17.5. The summed E-state index contributed by atoms with van der Waals surface area (Å²) >= 11 is 0. The SMILES string of the molecule is CC(C)(CCNC(=O)Nc1cccc(OCC(N)=O)c1)C(=O)O. The first-order valence-electron chi connectivity index (χ1n) is 7.00. The summed E-state index contributed by atoms with van der Waals surface area (Å²) in [6, 6.07) is 6.01. The van der Waals surface area contributed by atoms with Crippen molar-refractivity contribution in [3.63, 3.8) is 0 Å². The third-order valence-corrected chi connectivity index (χ3v) is 3.09. The van der Waals surface area contributed by atoms with E-state index in [1.54, 1.807) is 38.1 Å². The summed E-state index contributed by atoms with van der Waals surface area (Å²) in [5.74, 6) is -1.12. The molecular weight excluding hydrogens is 302 g/mol. The summed E-state index contributed by atoms with van der Waals surface area (Å²) in [6.07, 6.45) is 0.303. The van der Waals surface area contributed by atoms with Gasteiger partial charge in [-0.3, -0.25) is 9.59 Å². The van der Waals surface area contributed by atoms with Gasteiger partial charge < -0.3 is 26.2 Å². The van der Waals surface area contributed by atoms with Crippen LogP contribution in [0.1, 0.15) is 20.3 Å². The molecule has 5 N–H and O–H groups in total. The Balaban J connectivity index is 2.46. The van der Waals surface area contributed by atoms with Gasteiger partial charge in [-0.15, -0.1) is 0 Å². The molecule has 1 aromatic rings. The predicted molar refractivity (Wildman–Crippen MR) is 84.2 cm³/mol. The molecule has 0 aliphatic carbocycles. The van der Waals surface area contributed by atoms with Crippen LogP contribution in [0.2, 0.25) is 0 Å². The molecule has 0 saturated heterocycles. The lowest BCUT2D eigenvalue weighted by molar-refractivity contribution is -0.147. The van der Waals surface area contributed by atoms with E-state index in [1.165, 1.54) is 0 Å². The second-order valence-electron chi connectivity index (χ2n) is 5.60. The van der Waals surface area contributed by atoms with Gasteiger partial charge in [0.25, 0.3) is 5.91 Å². The number of carbonyl (C=O) groups excluding carboxylic acids is 2. The number of carboxylic acids is 1. The second kappa shape index (κ2) is 8.02. The summed E-state index contributed by atoms with van der Waals surface area (Å²) in [6.45, 7) is 3.16. The van der Waals surface area contributed by atoms with Crippen molar-refractivity contribution in [1.29, 1.82) is 0 Å². The number of amides is 3. The van der Waals surface area contributed by atoms with E-state index in [2.05, 4.69) is 10.6 Å². The molecule has 0 saturated carbocycles. The van der Waals surface area contributed by atoms with Gasteiger partial charge in [-0.05, 0) is 32.4 Å². The molecule has 0 unspecified atom stereocenters. The minimum absolute atomic E-state index is 0.225. The quantitative estimate of drug-likeness (QED) is 0.570. The van der Waals surface area contributed by atoms with Crippen LogP contribution in [-0.4, -0.2) is 36.2 Å². The number of carbonyl (C=O) groups is 3. The predicted octanol–water partition coefficient (Wildman–Crippen LogP) is 1.17. The average Bonchev–Trinajstić information content (AvgIpc) is 2.45. The van der Waals surface area contributed by atoms with Gasteiger partial charge in [0.05, 0.1) is 5.41 Å². The monoisotopic (exact) mass is 323 g/mol. The minimum Gasteiger partial charge on any atom is -0.484 e. The highest BCUT2D eigenvalue weighted by atomic mass is 16.5. The molecule has 0 radical (unpaired) electrons. The van der Waals surface area contributed by atoms with Crippen LogP contribution in [0.25, 0.3) is 0 Å². The molecule has 0 atom stereocenters. The number of rotatable bonds is 8. The highest BCUT2D eigenvalue weighted by Crippen LogP contribution is 2.19. The Bertz CT molecular complexity index is 586. The van der Waals surface area contributed by atoms with Crippen LogP contribution in [0.5, 0.6) is 5.75 Å². The molecule has 23 heavy (non-hydrogen) atoms. The van der Waals surface area contributed by atoms with E-state index in [1.807, 2.05) is 0 Å². The fourth-order valence-electron chi connectivity index (χ4n) is 1.59. The Morgan fingerprint density at radius 3 is 2.61 bits per heavy atom. The maximum Gasteiger partial charge on any atom is 0.319 e. The van der Waals surface area contributed by atoms with Crippen molar-refractivity contribution in [1.82, 2.24) is 5.32 Å². The fraction of sp³-hybridized carbons (Fsp3) is 0.400. The maximum absolute atomic E-state index is 11.8. The van der Waals surface area contributed by atoms with Gasteiger partial charge in [-0.2, -0.15) is 0 Å².